The molecular weight excluding hydrogens is 212 g/mol. The molecule has 0 aromatic carbocycles. The minimum Gasteiger partial charge on any atom is -0.326 e. The molecule has 0 saturated carbocycles. The minimum atomic E-state index is 0.431. The van der Waals surface area contributed by atoms with Crippen LogP contribution in [0, 0.1) is 6.92 Å². The fourth-order valence-corrected chi connectivity index (χ4v) is 1.69. The molecule has 4 heteroatoms. The molecule has 0 amide bonds. The topological polar surface area (TPSA) is 56.7 Å². The van der Waals surface area contributed by atoms with Gasteiger partial charge in [0.25, 0.3) is 0 Å². The Bertz CT molecular complexity index is 514. The first-order valence-corrected chi connectivity index (χ1v) is 5.84. The molecule has 0 atom stereocenters. The standard InChI is InChI=1S/C13H18N4/c1-9(2)12-6-7-17(16-12)13-5-4-11(8-14)10(3)15-13/h4-7,9H,8,14H2,1-3H3. The average molecular weight is 230 g/mol. The smallest absolute Gasteiger partial charge is 0.153 e. The van der Waals surface area contributed by atoms with E-state index >= 15 is 0 Å². The third-order valence-corrected chi connectivity index (χ3v) is 2.84. The SMILES string of the molecule is Cc1nc(-n2ccc(C(C)C)n2)ccc1CN. The van der Waals surface area contributed by atoms with E-state index in [9.17, 15) is 0 Å². The molecular formula is C13H18N4. The normalized spacial score (nSPS) is 11.1. The number of aromatic nitrogens is 3. The first-order chi connectivity index (χ1) is 8.11. The van der Waals surface area contributed by atoms with E-state index in [0.717, 1.165) is 22.8 Å². The van der Waals surface area contributed by atoms with Crippen molar-refractivity contribution >= 4 is 0 Å². The molecule has 2 N–H and O–H groups in total. The Morgan fingerprint density at radius 2 is 2.06 bits per heavy atom. The number of nitrogens with two attached hydrogens (primary N) is 1. The molecule has 0 fully saturated rings. The molecule has 0 aliphatic rings. The van der Waals surface area contributed by atoms with Crippen LogP contribution in [0.4, 0.5) is 0 Å². The predicted molar refractivity (Wildman–Crippen MR) is 68.1 cm³/mol. The maximum absolute atomic E-state index is 5.62. The zero-order valence-electron chi connectivity index (χ0n) is 10.5. The lowest BCUT2D eigenvalue weighted by Gasteiger charge is -2.06. The van der Waals surface area contributed by atoms with Crippen LogP contribution in [0.3, 0.4) is 0 Å². The van der Waals surface area contributed by atoms with Crippen LogP contribution >= 0.6 is 0 Å². The second-order valence-corrected chi connectivity index (χ2v) is 4.46. The van der Waals surface area contributed by atoms with Gasteiger partial charge in [0.05, 0.1) is 5.69 Å². The van der Waals surface area contributed by atoms with Crippen LogP contribution in [0.1, 0.15) is 36.7 Å². The van der Waals surface area contributed by atoms with Crippen molar-refractivity contribution in [3.05, 3.63) is 41.3 Å². The Morgan fingerprint density at radius 1 is 1.29 bits per heavy atom. The van der Waals surface area contributed by atoms with Crippen LogP contribution in [0.25, 0.3) is 5.82 Å². The van der Waals surface area contributed by atoms with Crippen LogP contribution in [0.15, 0.2) is 24.4 Å². The van der Waals surface area contributed by atoms with Crippen molar-refractivity contribution in [2.75, 3.05) is 0 Å². The van der Waals surface area contributed by atoms with Gasteiger partial charge in [-0.3, -0.25) is 0 Å². The highest BCUT2D eigenvalue weighted by Gasteiger charge is 2.06. The van der Waals surface area contributed by atoms with Crippen LogP contribution in [0.5, 0.6) is 0 Å². The van der Waals surface area contributed by atoms with Crippen molar-refractivity contribution in [3.63, 3.8) is 0 Å². The van der Waals surface area contributed by atoms with E-state index in [2.05, 4.69) is 23.9 Å². The monoisotopic (exact) mass is 230 g/mol. The number of pyridine rings is 1. The summed E-state index contributed by atoms with van der Waals surface area (Å²) >= 11 is 0. The van der Waals surface area contributed by atoms with Gasteiger partial charge in [-0.25, -0.2) is 9.67 Å². The first-order valence-electron chi connectivity index (χ1n) is 5.84. The Morgan fingerprint density at radius 3 is 2.59 bits per heavy atom. The van der Waals surface area contributed by atoms with Gasteiger partial charge in [-0.2, -0.15) is 5.10 Å². The fourth-order valence-electron chi connectivity index (χ4n) is 1.69. The molecule has 0 unspecified atom stereocenters. The van der Waals surface area contributed by atoms with Crippen molar-refractivity contribution in [1.29, 1.82) is 0 Å². The van der Waals surface area contributed by atoms with Crippen LogP contribution in [-0.2, 0) is 6.54 Å². The minimum absolute atomic E-state index is 0.431. The number of rotatable bonds is 3. The van der Waals surface area contributed by atoms with E-state index in [0.29, 0.717) is 12.5 Å². The summed E-state index contributed by atoms with van der Waals surface area (Å²) in [6, 6.07) is 5.99. The molecule has 2 aromatic heterocycles. The highest BCUT2D eigenvalue weighted by molar-refractivity contribution is 5.30. The second kappa shape index (κ2) is 4.67. The average Bonchev–Trinajstić information content (AvgIpc) is 2.78. The summed E-state index contributed by atoms with van der Waals surface area (Å²) in [4.78, 5) is 4.51. The summed E-state index contributed by atoms with van der Waals surface area (Å²) in [6.45, 7) is 6.75. The van der Waals surface area contributed by atoms with Gasteiger partial charge in [0.15, 0.2) is 5.82 Å². The lowest BCUT2D eigenvalue weighted by molar-refractivity contribution is 0.754. The number of hydrogen-bond donors (Lipinski definition) is 1. The van der Waals surface area contributed by atoms with E-state index in [4.69, 9.17) is 5.73 Å². The van der Waals surface area contributed by atoms with E-state index in [1.54, 1.807) is 0 Å². The molecule has 2 rings (SSSR count). The van der Waals surface area contributed by atoms with Gasteiger partial charge < -0.3 is 5.73 Å². The van der Waals surface area contributed by atoms with Gasteiger partial charge >= 0.3 is 0 Å². The van der Waals surface area contributed by atoms with E-state index in [1.807, 2.05) is 36.0 Å². The Balaban J connectivity index is 2.36. The third-order valence-electron chi connectivity index (χ3n) is 2.84. The summed E-state index contributed by atoms with van der Waals surface area (Å²) in [6.07, 6.45) is 1.94. The summed E-state index contributed by atoms with van der Waals surface area (Å²) in [5.74, 6) is 1.27. The van der Waals surface area contributed by atoms with Crippen LogP contribution in [0.2, 0.25) is 0 Å². The third kappa shape index (κ3) is 2.36. The van der Waals surface area contributed by atoms with Crippen molar-refractivity contribution in [3.8, 4) is 5.82 Å². The predicted octanol–water partition coefficient (Wildman–Crippen LogP) is 2.16. The van der Waals surface area contributed by atoms with Gasteiger partial charge in [-0.15, -0.1) is 0 Å². The molecule has 0 radical (unpaired) electrons. The number of hydrogen-bond acceptors (Lipinski definition) is 3. The van der Waals surface area contributed by atoms with Gasteiger partial charge in [0.2, 0.25) is 0 Å². The molecule has 2 heterocycles. The number of nitrogens with zero attached hydrogens (tertiary/aromatic N) is 3. The first kappa shape index (κ1) is 11.8. The quantitative estimate of drug-likeness (QED) is 0.879. The zero-order chi connectivity index (χ0) is 12.4. The zero-order valence-corrected chi connectivity index (χ0v) is 10.5. The lowest BCUT2D eigenvalue weighted by atomic mass is 10.1. The maximum atomic E-state index is 5.62. The molecule has 90 valence electrons. The van der Waals surface area contributed by atoms with Crippen molar-refractivity contribution in [2.45, 2.75) is 33.2 Å². The summed E-state index contributed by atoms with van der Waals surface area (Å²) in [5.41, 5.74) is 8.74. The summed E-state index contributed by atoms with van der Waals surface area (Å²) < 4.78 is 1.81. The van der Waals surface area contributed by atoms with Gasteiger partial charge in [-0.1, -0.05) is 19.9 Å². The van der Waals surface area contributed by atoms with Crippen molar-refractivity contribution in [2.24, 2.45) is 5.73 Å². The van der Waals surface area contributed by atoms with Crippen LogP contribution in [-0.4, -0.2) is 14.8 Å². The van der Waals surface area contributed by atoms with Crippen molar-refractivity contribution in [1.82, 2.24) is 14.8 Å². The summed E-state index contributed by atoms with van der Waals surface area (Å²) in [7, 11) is 0. The highest BCUT2D eigenvalue weighted by Crippen LogP contribution is 2.14. The Kier molecular flexibility index (Phi) is 3.24. The Labute approximate surface area is 101 Å². The maximum Gasteiger partial charge on any atom is 0.153 e. The Hall–Kier alpha value is -1.68. The second-order valence-electron chi connectivity index (χ2n) is 4.46. The van der Waals surface area contributed by atoms with E-state index < -0.39 is 0 Å². The van der Waals surface area contributed by atoms with Gasteiger partial charge in [0, 0.05) is 18.4 Å². The summed E-state index contributed by atoms with van der Waals surface area (Å²) in [5, 5.41) is 4.50. The molecule has 0 bridgehead atoms. The fraction of sp³-hybridized carbons (Fsp3) is 0.385. The molecule has 0 aliphatic carbocycles. The van der Waals surface area contributed by atoms with Crippen molar-refractivity contribution < 1.29 is 0 Å². The van der Waals surface area contributed by atoms with E-state index in [1.165, 1.54) is 0 Å². The molecule has 0 saturated heterocycles. The van der Waals surface area contributed by atoms with Gasteiger partial charge in [-0.05, 0) is 30.5 Å². The van der Waals surface area contributed by atoms with Gasteiger partial charge in [0.1, 0.15) is 0 Å². The highest BCUT2D eigenvalue weighted by atomic mass is 15.3. The molecule has 0 spiro atoms. The molecule has 0 aliphatic heterocycles. The van der Waals surface area contributed by atoms with E-state index in [-0.39, 0.29) is 0 Å². The van der Waals surface area contributed by atoms with Crippen LogP contribution < -0.4 is 5.73 Å². The molecule has 17 heavy (non-hydrogen) atoms. The molecule has 2 aromatic rings. The largest absolute Gasteiger partial charge is 0.326 e. The lowest BCUT2D eigenvalue weighted by Crippen LogP contribution is -2.05. The molecule has 4 nitrogen and oxygen atoms in total. The number of aryl methyl sites for hydroxylation is 1.